The molecule has 2 heterocycles. The summed E-state index contributed by atoms with van der Waals surface area (Å²) in [6.07, 6.45) is -1.73. The van der Waals surface area contributed by atoms with Gasteiger partial charge in [-0.15, -0.1) is 13.2 Å². The summed E-state index contributed by atoms with van der Waals surface area (Å²) in [7, 11) is 3.98. The molecule has 30 heavy (non-hydrogen) atoms. The number of benzene rings is 2. The summed E-state index contributed by atoms with van der Waals surface area (Å²) in [5.74, 6) is 0.638. The lowest BCUT2D eigenvalue weighted by molar-refractivity contribution is -0.274. The molecule has 0 saturated heterocycles. The van der Waals surface area contributed by atoms with Crippen LogP contribution in [-0.4, -0.2) is 36.8 Å². The number of halogens is 3. The first-order valence-corrected chi connectivity index (χ1v) is 9.81. The van der Waals surface area contributed by atoms with Crippen molar-refractivity contribution < 1.29 is 17.9 Å². The van der Waals surface area contributed by atoms with Crippen LogP contribution in [0.25, 0.3) is 16.9 Å². The molecule has 0 bridgehead atoms. The van der Waals surface area contributed by atoms with E-state index in [1.807, 2.05) is 37.2 Å². The average Bonchev–Trinajstić information content (AvgIpc) is 2.89. The second kappa shape index (κ2) is 7.93. The Kier molecular flexibility index (Phi) is 5.32. The third-order valence-corrected chi connectivity index (χ3v) is 5.08. The first kappa shape index (κ1) is 20.1. The highest BCUT2D eigenvalue weighted by molar-refractivity contribution is 5.74. The van der Waals surface area contributed by atoms with Crippen molar-refractivity contribution in [3.8, 4) is 22.7 Å². The van der Waals surface area contributed by atoms with E-state index in [2.05, 4.69) is 16.1 Å². The normalized spacial score (nSPS) is 13.9. The van der Waals surface area contributed by atoms with Gasteiger partial charge in [-0.05, 0) is 55.7 Å². The largest absolute Gasteiger partial charge is 0.573 e. The number of hydrogen-bond donors (Lipinski definition) is 1. The van der Waals surface area contributed by atoms with Gasteiger partial charge in [0.05, 0.1) is 11.4 Å². The molecule has 1 aliphatic rings. The summed E-state index contributed by atoms with van der Waals surface area (Å²) in [6.45, 7) is 0.825. The molecule has 158 valence electrons. The molecule has 0 unspecified atom stereocenters. The summed E-state index contributed by atoms with van der Waals surface area (Å²) >= 11 is 0. The quantitative estimate of drug-likeness (QED) is 0.631. The van der Waals surface area contributed by atoms with E-state index >= 15 is 0 Å². The van der Waals surface area contributed by atoms with Gasteiger partial charge in [-0.3, -0.25) is 0 Å². The number of alkyl halides is 3. The lowest BCUT2D eigenvalue weighted by Gasteiger charge is -2.13. The zero-order valence-electron chi connectivity index (χ0n) is 16.8. The minimum atomic E-state index is -4.71. The standard InChI is InChI=1S/C22H23F3N4O/c1-28(2)17-7-5-6-15(14-17)20-19-8-3-4-13-26-21(19)29(27-20)16-9-11-18(12-10-16)30-22(23,24)25/h5-7,9-12,14,26H,3-4,8,13H2,1-2H3. The zero-order chi connectivity index (χ0) is 21.3. The fourth-order valence-electron chi connectivity index (χ4n) is 3.64. The van der Waals surface area contributed by atoms with Crippen LogP contribution in [0.5, 0.6) is 5.75 Å². The van der Waals surface area contributed by atoms with Gasteiger partial charge in [0.1, 0.15) is 11.6 Å². The van der Waals surface area contributed by atoms with Gasteiger partial charge in [0, 0.05) is 37.5 Å². The lowest BCUT2D eigenvalue weighted by atomic mass is 10.0. The number of hydrogen-bond acceptors (Lipinski definition) is 4. The van der Waals surface area contributed by atoms with Crippen LogP contribution >= 0.6 is 0 Å². The molecule has 0 atom stereocenters. The van der Waals surface area contributed by atoms with E-state index in [-0.39, 0.29) is 5.75 Å². The second-order valence-corrected chi connectivity index (χ2v) is 7.46. The van der Waals surface area contributed by atoms with Gasteiger partial charge in [0.2, 0.25) is 0 Å². The molecule has 1 aromatic heterocycles. The molecule has 0 fully saturated rings. The van der Waals surface area contributed by atoms with E-state index in [1.54, 1.807) is 16.8 Å². The summed E-state index contributed by atoms with van der Waals surface area (Å²) in [5.41, 5.74) is 4.77. The second-order valence-electron chi connectivity index (χ2n) is 7.46. The van der Waals surface area contributed by atoms with Gasteiger partial charge in [-0.25, -0.2) is 4.68 Å². The van der Waals surface area contributed by atoms with E-state index < -0.39 is 6.36 Å². The van der Waals surface area contributed by atoms with E-state index in [1.165, 1.54) is 12.1 Å². The Morgan fingerprint density at radius 3 is 2.53 bits per heavy atom. The molecule has 5 nitrogen and oxygen atoms in total. The molecule has 8 heteroatoms. The minimum absolute atomic E-state index is 0.253. The highest BCUT2D eigenvalue weighted by atomic mass is 19.4. The van der Waals surface area contributed by atoms with Gasteiger partial charge >= 0.3 is 6.36 Å². The SMILES string of the molecule is CN(C)c1cccc(-c2nn(-c3ccc(OC(F)(F)F)cc3)c3c2CCCCN3)c1. The molecule has 1 N–H and O–H groups in total. The fraction of sp³-hybridized carbons (Fsp3) is 0.318. The maximum atomic E-state index is 12.5. The molecule has 0 amide bonds. The lowest BCUT2D eigenvalue weighted by Crippen LogP contribution is -2.17. The van der Waals surface area contributed by atoms with Crippen molar-refractivity contribution in [2.75, 3.05) is 30.9 Å². The number of rotatable bonds is 4. The van der Waals surface area contributed by atoms with E-state index in [0.717, 1.165) is 54.1 Å². The Morgan fingerprint density at radius 1 is 1.07 bits per heavy atom. The van der Waals surface area contributed by atoms with Crippen molar-refractivity contribution in [1.82, 2.24) is 9.78 Å². The average molecular weight is 416 g/mol. The molecule has 0 saturated carbocycles. The number of aromatic nitrogens is 2. The Bertz CT molecular complexity index is 1030. The van der Waals surface area contributed by atoms with Crippen molar-refractivity contribution in [3.63, 3.8) is 0 Å². The van der Waals surface area contributed by atoms with Gasteiger partial charge in [0.25, 0.3) is 0 Å². The first-order valence-electron chi connectivity index (χ1n) is 9.81. The van der Waals surface area contributed by atoms with E-state index in [0.29, 0.717) is 5.69 Å². The molecule has 4 rings (SSSR count). The van der Waals surface area contributed by atoms with E-state index in [4.69, 9.17) is 5.10 Å². The van der Waals surface area contributed by atoms with Crippen molar-refractivity contribution in [2.45, 2.75) is 25.6 Å². The molecular weight excluding hydrogens is 393 g/mol. The summed E-state index contributed by atoms with van der Waals surface area (Å²) < 4.78 is 43.1. The Morgan fingerprint density at radius 2 is 1.83 bits per heavy atom. The number of nitrogens with one attached hydrogen (secondary N) is 1. The summed E-state index contributed by atoms with van der Waals surface area (Å²) in [4.78, 5) is 2.04. The van der Waals surface area contributed by atoms with Crippen LogP contribution in [0.3, 0.4) is 0 Å². The first-order chi connectivity index (χ1) is 14.3. The van der Waals surface area contributed by atoms with Gasteiger partial charge in [-0.2, -0.15) is 5.10 Å². The molecular formula is C22H23F3N4O. The van der Waals surface area contributed by atoms with E-state index in [9.17, 15) is 13.2 Å². The minimum Gasteiger partial charge on any atom is -0.406 e. The van der Waals surface area contributed by atoms with Crippen LogP contribution in [0.2, 0.25) is 0 Å². The van der Waals surface area contributed by atoms with Crippen LogP contribution in [0, 0.1) is 0 Å². The van der Waals surface area contributed by atoms with Crippen molar-refractivity contribution in [1.29, 1.82) is 0 Å². The number of ether oxygens (including phenoxy) is 1. The Labute approximate surface area is 173 Å². The fourth-order valence-corrected chi connectivity index (χ4v) is 3.64. The topological polar surface area (TPSA) is 42.3 Å². The molecule has 0 radical (unpaired) electrons. The zero-order valence-corrected chi connectivity index (χ0v) is 16.8. The van der Waals surface area contributed by atoms with Crippen LogP contribution in [-0.2, 0) is 6.42 Å². The predicted octanol–water partition coefficient (Wildman–Crippen LogP) is 5.25. The number of anilines is 2. The number of nitrogens with zero attached hydrogens (tertiary/aromatic N) is 3. The van der Waals surface area contributed by atoms with Gasteiger partial charge in [0.15, 0.2) is 0 Å². The molecule has 0 aliphatic carbocycles. The molecule has 1 aliphatic heterocycles. The predicted molar refractivity (Wildman–Crippen MR) is 111 cm³/mol. The number of fused-ring (bicyclic) bond motifs is 1. The third-order valence-electron chi connectivity index (χ3n) is 5.08. The maximum absolute atomic E-state index is 12.5. The van der Waals surface area contributed by atoms with Crippen LogP contribution < -0.4 is 15.0 Å². The Balaban J connectivity index is 1.77. The Hall–Kier alpha value is -3.16. The maximum Gasteiger partial charge on any atom is 0.573 e. The molecule has 0 spiro atoms. The third kappa shape index (κ3) is 4.22. The molecule has 3 aromatic rings. The monoisotopic (exact) mass is 416 g/mol. The van der Waals surface area contributed by atoms with Crippen molar-refractivity contribution in [2.24, 2.45) is 0 Å². The highest BCUT2D eigenvalue weighted by Gasteiger charge is 2.31. The van der Waals surface area contributed by atoms with Crippen molar-refractivity contribution >= 4 is 11.5 Å². The van der Waals surface area contributed by atoms with Crippen LogP contribution in [0.15, 0.2) is 48.5 Å². The highest BCUT2D eigenvalue weighted by Crippen LogP contribution is 2.35. The van der Waals surface area contributed by atoms with Gasteiger partial charge < -0.3 is 15.0 Å². The smallest absolute Gasteiger partial charge is 0.406 e. The van der Waals surface area contributed by atoms with Gasteiger partial charge in [-0.1, -0.05) is 12.1 Å². The molecule has 2 aromatic carbocycles. The van der Waals surface area contributed by atoms with Crippen LogP contribution in [0.4, 0.5) is 24.7 Å². The van der Waals surface area contributed by atoms with Crippen LogP contribution in [0.1, 0.15) is 18.4 Å². The summed E-state index contributed by atoms with van der Waals surface area (Å²) in [6, 6.07) is 13.9. The summed E-state index contributed by atoms with van der Waals surface area (Å²) in [5, 5.41) is 8.30. The van der Waals surface area contributed by atoms with Crippen molar-refractivity contribution in [3.05, 3.63) is 54.1 Å².